The zero-order valence-corrected chi connectivity index (χ0v) is 14.2. The van der Waals surface area contributed by atoms with Crippen LogP contribution in [-0.2, 0) is 9.59 Å². The van der Waals surface area contributed by atoms with Crippen LogP contribution in [0.3, 0.4) is 0 Å². The quantitative estimate of drug-likeness (QED) is 0.491. The predicted octanol–water partition coefficient (Wildman–Crippen LogP) is 2.84. The van der Waals surface area contributed by atoms with Crippen LogP contribution < -0.4 is 5.43 Å². The molecule has 3 rings (SSSR count). The van der Waals surface area contributed by atoms with Crippen LogP contribution in [-0.4, -0.2) is 27.5 Å². The Morgan fingerprint density at radius 3 is 2.32 bits per heavy atom. The molecule has 2 N–H and O–H groups in total. The van der Waals surface area contributed by atoms with Gasteiger partial charge in [0.15, 0.2) is 5.78 Å². The molecule has 25 heavy (non-hydrogen) atoms. The van der Waals surface area contributed by atoms with E-state index in [9.17, 15) is 24.8 Å². The minimum Gasteiger partial charge on any atom is -0.480 e. The van der Waals surface area contributed by atoms with Crippen molar-refractivity contribution in [2.75, 3.05) is 5.43 Å². The minimum absolute atomic E-state index is 0.0490. The fraction of sp³-hybridized carbons (Fsp3) is 0.471. The van der Waals surface area contributed by atoms with Gasteiger partial charge in [0.2, 0.25) is 0 Å². The Hall–Kier alpha value is -2.77. The molecule has 2 atom stereocenters. The Morgan fingerprint density at radius 1 is 1.24 bits per heavy atom. The first-order chi connectivity index (χ1) is 11.6. The molecule has 0 aliphatic heterocycles. The molecule has 1 aromatic rings. The topological polar surface area (TPSA) is 122 Å². The van der Waals surface area contributed by atoms with Crippen molar-refractivity contribution in [3.8, 4) is 0 Å². The number of nitro groups is 1. The number of non-ortho nitro benzene ring substituents is 1. The van der Waals surface area contributed by atoms with Crippen LogP contribution in [0, 0.1) is 26.4 Å². The van der Waals surface area contributed by atoms with Crippen molar-refractivity contribution in [1.29, 1.82) is 0 Å². The maximum atomic E-state index is 12.9. The summed E-state index contributed by atoms with van der Waals surface area (Å²) in [4.78, 5) is 35.0. The SMILES string of the molecule is CC12CCC(C(=O)O)(C(=O)C1=NNc1ccc([N+](=O)[O-])cc1)C2(C)C. The van der Waals surface area contributed by atoms with E-state index in [1.54, 1.807) is 13.8 Å². The van der Waals surface area contributed by atoms with Gasteiger partial charge in [-0.25, -0.2) is 0 Å². The molecule has 2 aliphatic carbocycles. The van der Waals surface area contributed by atoms with Crippen molar-refractivity contribution in [2.45, 2.75) is 33.6 Å². The summed E-state index contributed by atoms with van der Waals surface area (Å²) in [5.41, 5.74) is 0.561. The lowest BCUT2D eigenvalue weighted by Gasteiger charge is -2.36. The molecule has 2 saturated carbocycles. The number of carboxylic acids is 1. The molecule has 0 aromatic heterocycles. The van der Waals surface area contributed by atoms with Crippen molar-refractivity contribution >= 4 is 28.8 Å². The van der Waals surface area contributed by atoms with Crippen molar-refractivity contribution in [3.63, 3.8) is 0 Å². The number of nitro benzene ring substituents is 1. The fourth-order valence-corrected chi connectivity index (χ4v) is 4.22. The summed E-state index contributed by atoms with van der Waals surface area (Å²) in [5, 5.41) is 24.6. The van der Waals surface area contributed by atoms with Crippen molar-refractivity contribution < 1.29 is 19.6 Å². The molecular formula is C17H19N3O5. The number of nitrogens with one attached hydrogen (secondary N) is 1. The molecule has 8 heteroatoms. The van der Waals surface area contributed by atoms with Crippen LogP contribution in [0.25, 0.3) is 0 Å². The molecular weight excluding hydrogens is 326 g/mol. The summed E-state index contributed by atoms with van der Waals surface area (Å²) in [6.45, 7) is 5.49. The van der Waals surface area contributed by atoms with Crippen LogP contribution in [0.2, 0.25) is 0 Å². The van der Waals surface area contributed by atoms with Crippen molar-refractivity contribution in [2.24, 2.45) is 21.3 Å². The summed E-state index contributed by atoms with van der Waals surface area (Å²) >= 11 is 0. The number of ketones is 1. The lowest BCUT2D eigenvalue weighted by molar-refractivity contribution is -0.384. The van der Waals surface area contributed by atoms with E-state index >= 15 is 0 Å². The summed E-state index contributed by atoms with van der Waals surface area (Å²) < 4.78 is 0. The minimum atomic E-state index is -1.45. The van der Waals surface area contributed by atoms with Gasteiger partial charge in [-0.15, -0.1) is 0 Å². The third-order valence-corrected chi connectivity index (χ3v) is 6.31. The number of carbonyl (C=O) groups is 2. The van der Waals surface area contributed by atoms with Gasteiger partial charge in [-0.1, -0.05) is 20.8 Å². The smallest absolute Gasteiger partial charge is 0.318 e. The lowest BCUT2D eigenvalue weighted by Crippen LogP contribution is -2.44. The van der Waals surface area contributed by atoms with E-state index < -0.39 is 32.9 Å². The zero-order chi connectivity index (χ0) is 18.6. The number of Topliss-reactive ketones (excluding diaryl/α,β-unsaturated/α-hetero) is 1. The maximum Gasteiger partial charge on any atom is 0.318 e. The van der Waals surface area contributed by atoms with Gasteiger partial charge in [-0.3, -0.25) is 25.1 Å². The number of hydrogen-bond acceptors (Lipinski definition) is 6. The predicted molar refractivity (Wildman–Crippen MR) is 90.4 cm³/mol. The Morgan fingerprint density at radius 2 is 1.84 bits per heavy atom. The van der Waals surface area contributed by atoms with Gasteiger partial charge in [-0.05, 0) is 30.4 Å². The number of nitrogens with zero attached hydrogens (tertiary/aromatic N) is 2. The average molecular weight is 345 g/mol. The Kier molecular flexibility index (Phi) is 3.49. The summed E-state index contributed by atoms with van der Waals surface area (Å²) in [6.07, 6.45) is 0.875. The number of rotatable bonds is 4. The molecule has 132 valence electrons. The largest absolute Gasteiger partial charge is 0.480 e. The third-order valence-electron chi connectivity index (χ3n) is 6.31. The molecule has 2 fully saturated rings. The van der Waals surface area contributed by atoms with Gasteiger partial charge in [-0.2, -0.15) is 5.10 Å². The van der Waals surface area contributed by atoms with Gasteiger partial charge < -0.3 is 5.11 Å². The highest BCUT2D eigenvalue weighted by Gasteiger charge is 2.77. The Balaban J connectivity index is 1.95. The molecule has 0 amide bonds. The molecule has 0 radical (unpaired) electrons. The van der Waals surface area contributed by atoms with Crippen molar-refractivity contribution in [3.05, 3.63) is 34.4 Å². The van der Waals surface area contributed by atoms with E-state index in [0.717, 1.165) is 0 Å². The second kappa shape index (κ2) is 5.11. The number of hydrazone groups is 1. The number of carbonyl (C=O) groups excluding carboxylic acids is 1. The molecule has 1 aromatic carbocycles. The average Bonchev–Trinajstić information content (AvgIpc) is 2.82. The van der Waals surface area contributed by atoms with E-state index in [-0.39, 0.29) is 11.4 Å². The maximum absolute atomic E-state index is 12.9. The Bertz CT molecular complexity index is 814. The standard InChI is InChI=1S/C17H19N3O5/c1-15(2)16(3)8-9-17(15,14(22)23)13(21)12(16)19-18-10-4-6-11(7-5-10)20(24)25/h4-7,18H,8-9H2,1-3H3,(H,22,23). The molecule has 0 heterocycles. The van der Waals surface area contributed by atoms with E-state index in [1.807, 2.05) is 6.92 Å². The van der Waals surface area contributed by atoms with Crippen molar-refractivity contribution in [1.82, 2.24) is 0 Å². The molecule has 0 saturated heterocycles. The van der Waals surface area contributed by atoms with Gasteiger partial charge in [0.1, 0.15) is 11.1 Å². The van der Waals surface area contributed by atoms with Crippen LogP contribution in [0.5, 0.6) is 0 Å². The second-order valence-electron chi connectivity index (χ2n) is 7.37. The summed E-state index contributed by atoms with van der Waals surface area (Å²) in [6, 6.07) is 5.63. The van der Waals surface area contributed by atoms with E-state index in [4.69, 9.17) is 0 Å². The first-order valence-electron chi connectivity index (χ1n) is 7.95. The van der Waals surface area contributed by atoms with Crippen LogP contribution in [0.1, 0.15) is 33.6 Å². The highest BCUT2D eigenvalue weighted by molar-refractivity contribution is 6.50. The summed E-state index contributed by atoms with van der Waals surface area (Å²) in [5.74, 6) is -1.56. The molecule has 2 unspecified atom stereocenters. The second-order valence-corrected chi connectivity index (χ2v) is 7.37. The van der Waals surface area contributed by atoms with Crippen LogP contribution in [0.15, 0.2) is 29.4 Å². The van der Waals surface area contributed by atoms with Crippen LogP contribution in [0.4, 0.5) is 11.4 Å². The molecule has 2 bridgehead atoms. The first-order valence-corrected chi connectivity index (χ1v) is 7.95. The highest BCUT2D eigenvalue weighted by Crippen LogP contribution is 2.69. The summed E-state index contributed by atoms with van der Waals surface area (Å²) in [7, 11) is 0. The highest BCUT2D eigenvalue weighted by atomic mass is 16.6. The monoisotopic (exact) mass is 345 g/mol. The lowest BCUT2D eigenvalue weighted by atomic mass is 9.65. The van der Waals surface area contributed by atoms with Gasteiger partial charge in [0.25, 0.3) is 5.69 Å². The van der Waals surface area contributed by atoms with Gasteiger partial charge in [0.05, 0.1) is 10.6 Å². The number of carboxylic acid groups (broad SMARTS) is 1. The van der Waals surface area contributed by atoms with Crippen LogP contribution >= 0.6 is 0 Å². The molecule has 8 nitrogen and oxygen atoms in total. The number of hydrogen-bond donors (Lipinski definition) is 2. The molecule has 2 aliphatic rings. The number of benzene rings is 1. The third kappa shape index (κ3) is 1.96. The normalized spacial score (nSPS) is 31.3. The van der Waals surface area contributed by atoms with E-state index in [0.29, 0.717) is 18.5 Å². The number of anilines is 1. The van der Waals surface area contributed by atoms with E-state index in [2.05, 4.69) is 10.5 Å². The zero-order valence-electron chi connectivity index (χ0n) is 14.2. The fourth-order valence-electron chi connectivity index (χ4n) is 4.22. The van der Waals surface area contributed by atoms with Gasteiger partial charge in [0, 0.05) is 17.5 Å². The van der Waals surface area contributed by atoms with E-state index in [1.165, 1.54) is 24.3 Å². The number of aliphatic carboxylic acids is 1. The molecule has 0 spiro atoms. The van der Waals surface area contributed by atoms with Gasteiger partial charge >= 0.3 is 5.97 Å². The number of fused-ring (bicyclic) bond motifs is 2. The Labute approximate surface area is 144 Å². The first kappa shape index (κ1) is 17.1.